The van der Waals surface area contributed by atoms with Gasteiger partial charge in [0.15, 0.2) is 0 Å². The Morgan fingerprint density at radius 1 is 1.37 bits per heavy atom. The smallest absolute Gasteiger partial charge is 0.351 e. The second-order valence-corrected chi connectivity index (χ2v) is 6.50. The van der Waals surface area contributed by atoms with E-state index in [1.807, 2.05) is 30.3 Å². The van der Waals surface area contributed by atoms with E-state index in [1.165, 1.54) is 6.20 Å². The van der Waals surface area contributed by atoms with E-state index in [4.69, 9.17) is 10.5 Å². The van der Waals surface area contributed by atoms with E-state index >= 15 is 0 Å². The number of aromatic nitrogens is 2. The number of nitrogens with zero attached hydrogens (tertiary/aromatic N) is 2. The molecule has 9 nitrogen and oxygen atoms in total. The Labute approximate surface area is 155 Å². The van der Waals surface area contributed by atoms with E-state index in [0.717, 1.165) is 10.1 Å². The van der Waals surface area contributed by atoms with Crippen LogP contribution in [0, 0.1) is 5.92 Å². The molecule has 1 saturated heterocycles. The fourth-order valence-electron chi connectivity index (χ4n) is 3.07. The van der Waals surface area contributed by atoms with Gasteiger partial charge in [-0.2, -0.15) is 4.98 Å². The van der Waals surface area contributed by atoms with Crippen LogP contribution in [0.5, 0.6) is 0 Å². The highest BCUT2D eigenvalue weighted by molar-refractivity contribution is 5.97. The molecular formula is C18H22N4O5. The van der Waals surface area contributed by atoms with E-state index in [1.54, 1.807) is 6.92 Å². The Hall–Kier alpha value is -2.75. The van der Waals surface area contributed by atoms with Gasteiger partial charge in [0, 0.05) is 18.7 Å². The van der Waals surface area contributed by atoms with Crippen molar-refractivity contribution in [3.63, 3.8) is 0 Å². The quantitative estimate of drug-likeness (QED) is 0.560. The molecule has 27 heavy (non-hydrogen) atoms. The maximum atomic E-state index is 12.5. The maximum Gasteiger partial charge on any atom is 0.351 e. The number of anilines is 1. The molecule has 2 aromatic rings. The minimum atomic E-state index is -0.945. The van der Waals surface area contributed by atoms with Crippen molar-refractivity contribution in [3.05, 3.63) is 58.1 Å². The Morgan fingerprint density at radius 3 is 2.70 bits per heavy atom. The lowest BCUT2D eigenvalue weighted by molar-refractivity contribution is -0.0476. The van der Waals surface area contributed by atoms with Crippen molar-refractivity contribution in [2.24, 2.45) is 5.92 Å². The van der Waals surface area contributed by atoms with E-state index in [9.17, 15) is 19.8 Å². The molecule has 4 atom stereocenters. The van der Waals surface area contributed by atoms with Crippen LogP contribution in [0.1, 0.15) is 29.1 Å². The molecule has 1 aromatic heterocycles. The highest BCUT2D eigenvalue weighted by Crippen LogP contribution is 2.33. The molecule has 1 aliphatic rings. The number of nitrogens with two attached hydrogens (primary N) is 1. The number of aliphatic hydroxyl groups excluding tert-OH is 2. The highest BCUT2D eigenvalue weighted by atomic mass is 16.5. The average Bonchev–Trinajstić information content (AvgIpc) is 2.95. The molecule has 0 saturated carbocycles. The van der Waals surface area contributed by atoms with Crippen LogP contribution in [0.25, 0.3) is 0 Å². The number of benzene rings is 1. The summed E-state index contributed by atoms with van der Waals surface area (Å²) in [6, 6.07) is 9.33. The molecule has 9 heteroatoms. The Kier molecular flexibility index (Phi) is 5.54. The number of rotatable bonds is 5. The van der Waals surface area contributed by atoms with Crippen molar-refractivity contribution in [2.75, 3.05) is 12.3 Å². The fourth-order valence-corrected chi connectivity index (χ4v) is 3.07. The third-order valence-electron chi connectivity index (χ3n) is 4.66. The summed E-state index contributed by atoms with van der Waals surface area (Å²) in [7, 11) is 0. The number of nitrogens with one attached hydrogen (secondary N) is 1. The summed E-state index contributed by atoms with van der Waals surface area (Å²) in [4.78, 5) is 28.5. The van der Waals surface area contributed by atoms with Crippen molar-refractivity contribution in [3.8, 4) is 0 Å². The number of amides is 1. The van der Waals surface area contributed by atoms with Crippen LogP contribution in [-0.4, -0.2) is 44.5 Å². The van der Waals surface area contributed by atoms with E-state index < -0.39 is 36.0 Å². The van der Waals surface area contributed by atoms with Crippen molar-refractivity contribution in [1.29, 1.82) is 0 Å². The summed E-state index contributed by atoms with van der Waals surface area (Å²) >= 11 is 0. The van der Waals surface area contributed by atoms with Crippen molar-refractivity contribution >= 4 is 11.7 Å². The van der Waals surface area contributed by atoms with Crippen LogP contribution in [-0.2, 0) is 11.3 Å². The number of aliphatic hydroxyl groups is 2. The SMILES string of the molecule is C[C@H]1C(O)[C@@H](CO)O[C@H]1n1cc(C(=O)NCc2ccccc2)c(N)nc1=O. The molecule has 1 amide bonds. The van der Waals surface area contributed by atoms with Crippen molar-refractivity contribution in [2.45, 2.75) is 31.9 Å². The van der Waals surface area contributed by atoms with Gasteiger partial charge in [-0.15, -0.1) is 0 Å². The van der Waals surface area contributed by atoms with Crippen LogP contribution >= 0.6 is 0 Å². The molecule has 1 aliphatic heterocycles. The number of hydrogen-bond acceptors (Lipinski definition) is 7. The minimum Gasteiger partial charge on any atom is -0.394 e. The van der Waals surface area contributed by atoms with Crippen LogP contribution in [0.3, 0.4) is 0 Å². The number of nitrogen functional groups attached to an aromatic ring is 1. The molecule has 5 N–H and O–H groups in total. The number of carbonyl (C=O) groups is 1. The second kappa shape index (κ2) is 7.87. The first-order valence-corrected chi connectivity index (χ1v) is 8.57. The predicted octanol–water partition coefficient (Wildman–Crippen LogP) is -0.358. The molecule has 1 fully saturated rings. The average molecular weight is 374 g/mol. The molecule has 0 aliphatic carbocycles. The topological polar surface area (TPSA) is 140 Å². The largest absolute Gasteiger partial charge is 0.394 e. The zero-order valence-electron chi connectivity index (χ0n) is 14.8. The fraction of sp³-hybridized carbons (Fsp3) is 0.389. The lowest BCUT2D eigenvalue weighted by Gasteiger charge is -2.19. The molecular weight excluding hydrogens is 352 g/mol. The lowest BCUT2D eigenvalue weighted by atomic mass is 10.0. The summed E-state index contributed by atoms with van der Waals surface area (Å²) in [6.07, 6.45) is -1.35. The van der Waals surface area contributed by atoms with E-state index in [0.29, 0.717) is 6.54 Å². The van der Waals surface area contributed by atoms with Gasteiger partial charge in [0.25, 0.3) is 5.91 Å². The Morgan fingerprint density at radius 2 is 2.07 bits per heavy atom. The van der Waals surface area contributed by atoms with Gasteiger partial charge < -0.3 is 26.0 Å². The molecule has 3 rings (SSSR count). The summed E-state index contributed by atoms with van der Waals surface area (Å²) in [5, 5.41) is 22.1. The summed E-state index contributed by atoms with van der Waals surface area (Å²) in [6.45, 7) is 1.59. The number of hydrogen-bond donors (Lipinski definition) is 4. The van der Waals surface area contributed by atoms with E-state index in [-0.39, 0.29) is 18.0 Å². The lowest BCUT2D eigenvalue weighted by Crippen LogP contribution is -2.34. The molecule has 1 unspecified atom stereocenters. The Bertz CT molecular complexity index is 870. The highest BCUT2D eigenvalue weighted by Gasteiger charge is 2.42. The summed E-state index contributed by atoms with van der Waals surface area (Å²) in [5.41, 5.74) is 6.00. The molecule has 0 radical (unpaired) electrons. The van der Waals surface area contributed by atoms with Gasteiger partial charge in [0.1, 0.15) is 18.1 Å². The van der Waals surface area contributed by atoms with Crippen molar-refractivity contribution in [1.82, 2.24) is 14.9 Å². The first-order chi connectivity index (χ1) is 12.9. The third-order valence-corrected chi connectivity index (χ3v) is 4.66. The van der Waals surface area contributed by atoms with E-state index in [2.05, 4.69) is 10.3 Å². The van der Waals surface area contributed by atoms with Gasteiger partial charge in [-0.1, -0.05) is 37.3 Å². The maximum absolute atomic E-state index is 12.5. The minimum absolute atomic E-state index is 0.0308. The van der Waals surface area contributed by atoms with Crippen LogP contribution in [0.4, 0.5) is 5.82 Å². The monoisotopic (exact) mass is 374 g/mol. The first-order valence-electron chi connectivity index (χ1n) is 8.57. The van der Waals surface area contributed by atoms with Gasteiger partial charge in [-0.25, -0.2) is 4.79 Å². The first kappa shape index (κ1) is 19.0. The van der Waals surface area contributed by atoms with Crippen LogP contribution in [0.15, 0.2) is 41.3 Å². The van der Waals surface area contributed by atoms with Crippen molar-refractivity contribution < 1.29 is 19.7 Å². The summed E-state index contributed by atoms with van der Waals surface area (Å²) in [5.74, 6) is -1.15. The molecule has 144 valence electrons. The zero-order chi connectivity index (χ0) is 19.6. The standard InChI is InChI=1S/C18H22N4O5/c1-10-14(24)13(9-23)27-17(10)22-8-12(15(19)21-18(22)26)16(25)20-7-11-5-3-2-4-6-11/h2-6,8,10,13-14,17,23-24H,7,9H2,1H3,(H,20,25)(H2,19,21,26)/t10-,13+,14?,17+/m0/s1. The van der Waals surface area contributed by atoms with Crippen LogP contribution < -0.4 is 16.7 Å². The second-order valence-electron chi connectivity index (χ2n) is 6.50. The van der Waals surface area contributed by atoms with Gasteiger partial charge in [0.05, 0.1) is 18.3 Å². The molecule has 1 aromatic carbocycles. The van der Waals surface area contributed by atoms with Gasteiger partial charge >= 0.3 is 5.69 Å². The number of carbonyl (C=O) groups excluding carboxylic acids is 1. The van der Waals surface area contributed by atoms with Gasteiger partial charge in [0.2, 0.25) is 0 Å². The normalized spacial score (nSPS) is 24.7. The summed E-state index contributed by atoms with van der Waals surface area (Å²) < 4.78 is 6.68. The predicted molar refractivity (Wildman–Crippen MR) is 96.7 cm³/mol. The third kappa shape index (κ3) is 3.85. The van der Waals surface area contributed by atoms with Crippen LogP contribution in [0.2, 0.25) is 0 Å². The zero-order valence-corrected chi connectivity index (χ0v) is 14.8. The number of ether oxygens (including phenoxy) is 1. The molecule has 0 bridgehead atoms. The Balaban J connectivity index is 1.84. The van der Waals surface area contributed by atoms with Gasteiger partial charge in [-0.3, -0.25) is 9.36 Å². The molecule has 2 heterocycles. The molecule has 0 spiro atoms. The van der Waals surface area contributed by atoms with Gasteiger partial charge in [-0.05, 0) is 5.56 Å².